The number of rotatable bonds is 6. The lowest BCUT2D eigenvalue weighted by Gasteiger charge is -2.13. The summed E-state index contributed by atoms with van der Waals surface area (Å²) in [5.74, 6) is 0.513. The first kappa shape index (κ1) is 17.6. The van der Waals surface area contributed by atoms with Crippen molar-refractivity contribution in [2.45, 2.75) is 12.8 Å². The van der Waals surface area contributed by atoms with Gasteiger partial charge < -0.3 is 10.2 Å². The molecule has 0 heterocycles. The summed E-state index contributed by atoms with van der Waals surface area (Å²) >= 11 is 0. The van der Waals surface area contributed by atoms with Crippen LogP contribution in [-0.4, -0.2) is 10.2 Å². The number of benzene rings is 3. The van der Waals surface area contributed by atoms with Gasteiger partial charge in [-0.1, -0.05) is 60.7 Å². The molecule has 0 radical (unpaired) electrons. The van der Waals surface area contributed by atoms with Gasteiger partial charge in [-0.05, 0) is 47.2 Å². The molecule has 0 bridgehead atoms. The lowest BCUT2D eigenvalue weighted by molar-refractivity contribution is 0.476. The normalized spacial score (nSPS) is 10.5. The fraction of sp³-hybridized carbons (Fsp3) is 0.0833. The van der Waals surface area contributed by atoms with Crippen LogP contribution in [0.4, 0.5) is 0 Å². The Kier molecular flexibility index (Phi) is 5.23. The Morgan fingerprint density at radius 2 is 1.00 bits per heavy atom. The van der Waals surface area contributed by atoms with E-state index < -0.39 is 0 Å². The molecule has 3 rings (SSSR count). The Bertz CT molecular complexity index is 858. The molecule has 0 aromatic heterocycles. The molecule has 0 aliphatic carbocycles. The molecule has 0 amide bonds. The number of aromatic hydroxyl groups is 2. The highest BCUT2D eigenvalue weighted by molar-refractivity contribution is 5.79. The fourth-order valence-corrected chi connectivity index (χ4v) is 3.29. The maximum atomic E-state index is 10.3. The molecule has 26 heavy (non-hydrogen) atoms. The van der Waals surface area contributed by atoms with Gasteiger partial charge in [0, 0.05) is 11.1 Å². The van der Waals surface area contributed by atoms with Crippen molar-refractivity contribution < 1.29 is 10.2 Å². The smallest absolute Gasteiger partial charge is 0.123 e. The molecule has 0 spiro atoms. The zero-order chi connectivity index (χ0) is 18.5. The molecule has 2 N–H and O–H groups in total. The maximum absolute atomic E-state index is 10.3. The van der Waals surface area contributed by atoms with E-state index in [1.807, 2.05) is 60.7 Å². The first-order valence-corrected chi connectivity index (χ1v) is 8.60. The SMILES string of the molecule is C=CCc1cccc(O)c1-c1ccc(-c2c(O)cccc2CC=C)cc1. The summed E-state index contributed by atoms with van der Waals surface area (Å²) in [6.07, 6.45) is 5.04. The van der Waals surface area contributed by atoms with Crippen LogP contribution in [0, 0.1) is 0 Å². The van der Waals surface area contributed by atoms with Crippen molar-refractivity contribution >= 4 is 0 Å². The van der Waals surface area contributed by atoms with E-state index in [1.54, 1.807) is 12.1 Å². The lowest BCUT2D eigenvalue weighted by Crippen LogP contribution is -1.91. The zero-order valence-electron chi connectivity index (χ0n) is 14.7. The molecule has 2 heteroatoms. The molecule has 0 saturated carbocycles. The molecule has 0 fully saturated rings. The van der Waals surface area contributed by atoms with Crippen molar-refractivity contribution in [2.75, 3.05) is 0 Å². The molecule has 3 aromatic rings. The van der Waals surface area contributed by atoms with Gasteiger partial charge in [-0.3, -0.25) is 0 Å². The first-order valence-electron chi connectivity index (χ1n) is 8.60. The van der Waals surface area contributed by atoms with E-state index >= 15 is 0 Å². The molecule has 0 saturated heterocycles. The minimum Gasteiger partial charge on any atom is -0.507 e. The second-order valence-electron chi connectivity index (χ2n) is 6.19. The quantitative estimate of drug-likeness (QED) is 0.548. The van der Waals surface area contributed by atoms with Gasteiger partial charge in [0.25, 0.3) is 0 Å². The van der Waals surface area contributed by atoms with E-state index in [1.165, 1.54) is 0 Å². The largest absolute Gasteiger partial charge is 0.507 e. The van der Waals surface area contributed by atoms with Crippen LogP contribution in [-0.2, 0) is 12.8 Å². The van der Waals surface area contributed by atoms with Crippen LogP contribution in [0.5, 0.6) is 11.5 Å². The van der Waals surface area contributed by atoms with E-state index in [-0.39, 0.29) is 11.5 Å². The Morgan fingerprint density at radius 3 is 1.35 bits per heavy atom. The summed E-state index contributed by atoms with van der Waals surface area (Å²) in [4.78, 5) is 0. The zero-order valence-corrected chi connectivity index (χ0v) is 14.7. The average molecular weight is 342 g/mol. The van der Waals surface area contributed by atoms with E-state index in [9.17, 15) is 10.2 Å². The van der Waals surface area contributed by atoms with Gasteiger partial charge in [0.2, 0.25) is 0 Å². The van der Waals surface area contributed by atoms with Crippen molar-refractivity contribution in [1.29, 1.82) is 0 Å². The fourth-order valence-electron chi connectivity index (χ4n) is 3.29. The van der Waals surface area contributed by atoms with Crippen molar-refractivity contribution in [2.24, 2.45) is 0 Å². The molecule has 0 unspecified atom stereocenters. The summed E-state index contributed by atoms with van der Waals surface area (Å²) in [6, 6.07) is 19.0. The van der Waals surface area contributed by atoms with Gasteiger partial charge in [-0.2, -0.15) is 0 Å². The van der Waals surface area contributed by atoms with Crippen LogP contribution in [0.15, 0.2) is 86.0 Å². The van der Waals surface area contributed by atoms with Crippen molar-refractivity contribution in [1.82, 2.24) is 0 Å². The van der Waals surface area contributed by atoms with Gasteiger partial charge in [-0.25, -0.2) is 0 Å². The van der Waals surface area contributed by atoms with Gasteiger partial charge in [0.05, 0.1) is 0 Å². The molecule has 0 aliphatic heterocycles. The Hall–Kier alpha value is -3.26. The summed E-state index contributed by atoms with van der Waals surface area (Å²) in [5.41, 5.74) is 5.57. The van der Waals surface area contributed by atoms with E-state index in [2.05, 4.69) is 13.2 Å². The summed E-state index contributed by atoms with van der Waals surface area (Å²) in [5, 5.41) is 20.7. The molecular weight excluding hydrogens is 320 g/mol. The van der Waals surface area contributed by atoms with Crippen molar-refractivity contribution in [3.8, 4) is 33.8 Å². The highest BCUT2D eigenvalue weighted by Gasteiger charge is 2.12. The summed E-state index contributed by atoms with van der Waals surface area (Å²) in [6.45, 7) is 7.59. The minimum absolute atomic E-state index is 0.256. The maximum Gasteiger partial charge on any atom is 0.123 e. The average Bonchev–Trinajstić information content (AvgIpc) is 2.63. The van der Waals surface area contributed by atoms with E-state index in [0.29, 0.717) is 12.8 Å². The predicted octanol–water partition coefficient (Wildman–Crippen LogP) is 5.89. The predicted molar refractivity (Wildman–Crippen MR) is 108 cm³/mol. The highest BCUT2D eigenvalue weighted by atomic mass is 16.3. The number of allylic oxidation sites excluding steroid dienone is 2. The molecule has 0 aliphatic rings. The Labute approximate surface area is 154 Å². The van der Waals surface area contributed by atoms with E-state index in [0.717, 1.165) is 33.4 Å². The van der Waals surface area contributed by atoms with Gasteiger partial charge in [0.1, 0.15) is 11.5 Å². The molecular formula is C24H22O2. The van der Waals surface area contributed by atoms with Gasteiger partial charge in [0.15, 0.2) is 0 Å². The lowest BCUT2D eigenvalue weighted by atomic mass is 9.92. The molecule has 3 aromatic carbocycles. The number of phenols is 2. The second kappa shape index (κ2) is 7.75. The number of hydrogen-bond donors (Lipinski definition) is 2. The monoisotopic (exact) mass is 342 g/mol. The minimum atomic E-state index is 0.256. The molecule has 130 valence electrons. The first-order chi connectivity index (χ1) is 12.7. The van der Waals surface area contributed by atoms with Crippen LogP contribution in [0.3, 0.4) is 0 Å². The van der Waals surface area contributed by atoms with Crippen LogP contribution in [0.2, 0.25) is 0 Å². The Balaban J connectivity index is 2.07. The standard InChI is InChI=1S/C24H22O2/c1-3-7-17-9-5-11-21(25)23(17)19-13-15-20(16-14-19)24-18(8-4-2)10-6-12-22(24)26/h3-6,9-16,25-26H,1-2,7-8H2. The third-order valence-electron chi connectivity index (χ3n) is 4.45. The number of phenolic OH excluding ortho intramolecular Hbond substituents is 2. The van der Waals surface area contributed by atoms with Crippen molar-refractivity contribution in [3.63, 3.8) is 0 Å². The van der Waals surface area contributed by atoms with Gasteiger partial charge in [-0.15, -0.1) is 13.2 Å². The Morgan fingerprint density at radius 1 is 0.615 bits per heavy atom. The second-order valence-corrected chi connectivity index (χ2v) is 6.19. The van der Waals surface area contributed by atoms with Gasteiger partial charge >= 0.3 is 0 Å². The van der Waals surface area contributed by atoms with E-state index in [4.69, 9.17) is 0 Å². The topological polar surface area (TPSA) is 40.5 Å². The van der Waals surface area contributed by atoms with Crippen molar-refractivity contribution in [3.05, 3.63) is 97.1 Å². The van der Waals surface area contributed by atoms with Crippen LogP contribution in [0.1, 0.15) is 11.1 Å². The van der Waals surface area contributed by atoms with Crippen LogP contribution in [0.25, 0.3) is 22.3 Å². The van der Waals surface area contributed by atoms with Crippen LogP contribution >= 0.6 is 0 Å². The third kappa shape index (κ3) is 3.40. The summed E-state index contributed by atoms with van der Waals surface area (Å²) in [7, 11) is 0. The highest BCUT2D eigenvalue weighted by Crippen LogP contribution is 2.37. The molecule has 0 atom stereocenters. The summed E-state index contributed by atoms with van der Waals surface area (Å²) < 4.78 is 0. The number of hydrogen-bond acceptors (Lipinski definition) is 2. The van der Waals surface area contributed by atoms with Crippen LogP contribution < -0.4 is 0 Å². The third-order valence-corrected chi connectivity index (χ3v) is 4.45. The molecule has 2 nitrogen and oxygen atoms in total.